The molecule has 158 valence electrons. The van der Waals surface area contributed by atoms with Crippen molar-refractivity contribution in [3.63, 3.8) is 0 Å². The van der Waals surface area contributed by atoms with Crippen LogP contribution in [0.1, 0.15) is 24.0 Å². The van der Waals surface area contributed by atoms with Crippen LogP contribution in [0.15, 0.2) is 76.0 Å². The molecule has 2 heterocycles. The maximum atomic E-state index is 12.5. The van der Waals surface area contributed by atoms with E-state index in [0.717, 1.165) is 10.5 Å². The van der Waals surface area contributed by atoms with Gasteiger partial charge in [-0.25, -0.2) is 9.59 Å². The number of dihydropyridines is 1. The Labute approximate surface area is 181 Å². The van der Waals surface area contributed by atoms with E-state index in [1.807, 2.05) is 12.1 Å². The van der Waals surface area contributed by atoms with E-state index in [9.17, 15) is 24.8 Å². The number of non-ortho nitro benzene ring substituents is 1. The molecule has 0 fully saturated rings. The van der Waals surface area contributed by atoms with E-state index in [4.69, 9.17) is 4.74 Å². The van der Waals surface area contributed by atoms with Gasteiger partial charge < -0.3 is 15.2 Å². The number of esters is 1. The lowest BCUT2D eigenvalue weighted by molar-refractivity contribution is -0.384. The van der Waals surface area contributed by atoms with Crippen molar-refractivity contribution >= 4 is 29.4 Å². The third-order valence-corrected chi connectivity index (χ3v) is 6.35. The molecule has 0 amide bonds. The summed E-state index contributed by atoms with van der Waals surface area (Å²) in [5.74, 6) is -1.96. The third-order valence-electron chi connectivity index (χ3n) is 5.19. The number of nitro benzene ring substituents is 1. The van der Waals surface area contributed by atoms with Crippen LogP contribution in [0.5, 0.6) is 0 Å². The number of nitrogens with one attached hydrogen (secondary N) is 1. The van der Waals surface area contributed by atoms with Crippen LogP contribution in [0.4, 0.5) is 5.69 Å². The quantitative estimate of drug-likeness (QED) is 0.303. The van der Waals surface area contributed by atoms with Gasteiger partial charge in [-0.15, -0.1) is 11.8 Å². The van der Waals surface area contributed by atoms with Crippen molar-refractivity contribution in [3.05, 3.63) is 92.3 Å². The number of nitrogens with zero attached hydrogens (tertiary/aromatic N) is 1. The summed E-state index contributed by atoms with van der Waals surface area (Å²) >= 11 is 1.43. The van der Waals surface area contributed by atoms with Crippen LogP contribution in [-0.4, -0.2) is 28.6 Å². The Morgan fingerprint density at radius 1 is 1.29 bits per heavy atom. The fraction of sp³-hybridized carbons (Fsp3) is 0.182. The van der Waals surface area contributed by atoms with Crippen molar-refractivity contribution < 1.29 is 24.4 Å². The Bertz CT molecular complexity index is 1170. The van der Waals surface area contributed by atoms with Gasteiger partial charge in [-0.2, -0.15) is 0 Å². The number of allylic oxidation sites excluding steroid dienone is 1. The highest BCUT2D eigenvalue weighted by Crippen LogP contribution is 2.44. The van der Waals surface area contributed by atoms with E-state index in [1.165, 1.54) is 23.9 Å². The molecule has 0 radical (unpaired) electrons. The zero-order valence-corrected chi connectivity index (χ0v) is 17.3. The van der Waals surface area contributed by atoms with Crippen molar-refractivity contribution in [2.45, 2.75) is 23.5 Å². The van der Waals surface area contributed by atoms with Crippen LogP contribution in [0, 0.1) is 10.1 Å². The molecule has 31 heavy (non-hydrogen) atoms. The normalized spacial score (nSPS) is 17.8. The first-order chi connectivity index (χ1) is 14.9. The highest BCUT2D eigenvalue weighted by Gasteiger charge is 2.42. The first-order valence-corrected chi connectivity index (χ1v) is 10.4. The number of carboxylic acids is 1. The molecule has 0 saturated heterocycles. The fourth-order valence-electron chi connectivity index (χ4n) is 3.83. The lowest BCUT2D eigenvalue weighted by Crippen LogP contribution is -2.29. The second-order valence-electron chi connectivity index (χ2n) is 7.12. The zero-order chi connectivity index (χ0) is 22.1. The van der Waals surface area contributed by atoms with Gasteiger partial charge in [0, 0.05) is 28.5 Å². The number of thioether (sulfide) groups is 1. The third kappa shape index (κ3) is 3.91. The number of nitro groups is 1. The van der Waals surface area contributed by atoms with Crippen LogP contribution >= 0.6 is 11.8 Å². The minimum Gasteiger partial charge on any atom is -0.478 e. The SMILES string of the molecule is CC1=C(C(=O)O)C(c2ccccc2SCc2cccc([N+](=O)[O-])c2)C2=C(COC2=O)N1. The van der Waals surface area contributed by atoms with Gasteiger partial charge in [0.25, 0.3) is 5.69 Å². The van der Waals surface area contributed by atoms with Crippen molar-refractivity contribution in [1.29, 1.82) is 0 Å². The van der Waals surface area contributed by atoms with Crippen LogP contribution in [0.2, 0.25) is 0 Å². The first kappa shape index (κ1) is 20.7. The van der Waals surface area contributed by atoms with E-state index < -0.39 is 22.8 Å². The zero-order valence-electron chi connectivity index (χ0n) is 16.5. The van der Waals surface area contributed by atoms with E-state index in [0.29, 0.717) is 28.3 Å². The Balaban J connectivity index is 1.72. The van der Waals surface area contributed by atoms with Crippen molar-refractivity contribution in [2.75, 3.05) is 6.61 Å². The highest BCUT2D eigenvalue weighted by atomic mass is 32.2. The average molecular weight is 438 g/mol. The molecule has 4 rings (SSSR count). The molecule has 1 unspecified atom stereocenters. The summed E-state index contributed by atoms with van der Waals surface area (Å²) in [5, 5.41) is 23.9. The molecular weight excluding hydrogens is 420 g/mol. The highest BCUT2D eigenvalue weighted by molar-refractivity contribution is 7.98. The Hall–Kier alpha value is -3.59. The summed E-state index contributed by atoms with van der Waals surface area (Å²) in [4.78, 5) is 35.9. The van der Waals surface area contributed by atoms with Gasteiger partial charge in [-0.05, 0) is 24.1 Å². The molecule has 0 saturated carbocycles. The standard InChI is InChI=1S/C22H18N2O6S/c1-12-18(21(25)26)19(20-16(23-12)10-30-22(20)27)15-7-2-3-8-17(15)31-11-13-5-4-6-14(9-13)24(28)29/h2-9,19,23H,10-11H2,1H3,(H,25,26). The Kier molecular flexibility index (Phi) is 5.51. The molecule has 2 aliphatic heterocycles. The van der Waals surface area contributed by atoms with Crippen LogP contribution in [0.3, 0.4) is 0 Å². The largest absolute Gasteiger partial charge is 0.478 e. The second-order valence-corrected chi connectivity index (χ2v) is 8.14. The minimum absolute atomic E-state index is 0.0139. The number of carbonyl (C=O) groups is 2. The number of ether oxygens (including phenoxy) is 1. The van der Waals surface area contributed by atoms with Gasteiger partial charge in [0.2, 0.25) is 0 Å². The lowest BCUT2D eigenvalue weighted by atomic mass is 9.81. The molecule has 8 nitrogen and oxygen atoms in total. The molecular formula is C22H18N2O6S. The first-order valence-electron chi connectivity index (χ1n) is 9.43. The molecule has 0 bridgehead atoms. The number of hydrogen-bond acceptors (Lipinski definition) is 7. The number of carboxylic acid groups (broad SMARTS) is 1. The smallest absolute Gasteiger partial charge is 0.337 e. The summed E-state index contributed by atoms with van der Waals surface area (Å²) < 4.78 is 5.17. The number of hydrogen-bond donors (Lipinski definition) is 2. The van der Waals surface area contributed by atoms with Crippen molar-refractivity contribution in [3.8, 4) is 0 Å². The van der Waals surface area contributed by atoms with Gasteiger partial charge >= 0.3 is 11.9 Å². The van der Waals surface area contributed by atoms with E-state index in [2.05, 4.69) is 5.32 Å². The summed E-state index contributed by atoms with van der Waals surface area (Å²) in [5.41, 5.74) is 2.92. The molecule has 2 N–H and O–H groups in total. The number of aliphatic carboxylic acids is 1. The molecule has 2 aromatic rings. The molecule has 1 atom stereocenters. The van der Waals surface area contributed by atoms with E-state index >= 15 is 0 Å². The molecule has 2 aliphatic rings. The predicted molar refractivity (Wildman–Crippen MR) is 113 cm³/mol. The minimum atomic E-state index is -1.11. The number of carbonyl (C=O) groups excluding carboxylic acids is 1. The summed E-state index contributed by atoms with van der Waals surface area (Å²) in [6, 6.07) is 13.7. The summed E-state index contributed by atoms with van der Waals surface area (Å²) in [6.07, 6.45) is 0. The van der Waals surface area contributed by atoms with Gasteiger partial charge in [-0.3, -0.25) is 10.1 Å². The number of rotatable bonds is 6. The monoisotopic (exact) mass is 438 g/mol. The number of cyclic esters (lactones) is 1. The maximum absolute atomic E-state index is 12.5. The molecule has 0 aliphatic carbocycles. The van der Waals surface area contributed by atoms with E-state index in [-0.39, 0.29) is 17.9 Å². The van der Waals surface area contributed by atoms with Gasteiger partial charge in [-0.1, -0.05) is 30.3 Å². The number of benzene rings is 2. The van der Waals surface area contributed by atoms with Crippen molar-refractivity contribution in [2.24, 2.45) is 0 Å². The van der Waals surface area contributed by atoms with Crippen LogP contribution in [0.25, 0.3) is 0 Å². The molecule has 9 heteroatoms. The topological polar surface area (TPSA) is 119 Å². The molecule has 0 spiro atoms. The maximum Gasteiger partial charge on any atom is 0.337 e. The van der Waals surface area contributed by atoms with Crippen LogP contribution < -0.4 is 5.32 Å². The van der Waals surface area contributed by atoms with Crippen molar-refractivity contribution in [1.82, 2.24) is 5.32 Å². The van der Waals surface area contributed by atoms with Gasteiger partial charge in [0.05, 0.1) is 27.7 Å². The second kappa shape index (κ2) is 8.27. The molecule has 2 aromatic carbocycles. The summed E-state index contributed by atoms with van der Waals surface area (Å²) in [7, 11) is 0. The van der Waals surface area contributed by atoms with Crippen LogP contribution in [-0.2, 0) is 20.1 Å². The Morgan fingerprint density at radius 2 is 2.06 bits per heavy atom. The predicted octanol–water partition coefficient (Wildman–Crippen LogP) is 3.74. The van der Waals surface area contributed by atoms with Gasteiger partial charge in [0.1, 0.15) is 6.61 Å². The van der Waals surface area contributed by atoms with E-state index in [1.54, 1.807) is 31.2 Å². The lowest BCUT2D eigenvalue weighted by Gasteiger charge is -2.27. The average Bonchev–Trinajstić information content (AvgIpc) is 3.11. The molecule has 0 aromatic heterocycles. The summed E-state index contributed by atoms with van der Waals surface area (Å²) in [6.45, 7) is 1.75. The van der Waals surface area contributed by atoms with Gasteiger partial charge in [0.15, 0.2) is 0 Å². The Morgan fingerprint density at radius 3 is 2.81 bits per heavy atom. The fourth-order valence-corrected chi connectivity index (χ4v) is 4.86.